The van der Waals surface area contributed by atoms with Crippen molar-refractivity contribution in [1.82, 2.24) is 19.5 Å². The zero-order valence-electron chi connectivity index (χ0n) is 11.9. The standard InChI is InChI=1S/C12H10F3N5O4/c13-12(14,15)7-3-16-10(17-4-7)23-6-8-1-2-19-5-9(20(21)22)18-11(19)24-8/h3-5,8H,1-2,6H2. The molecule has 12 heteroatoms. The van der Waals surface area contributed by atoms with E-state index in [1.54, 1.807) is 0 Å². The van der Waals surface area contributed by atoms with Crippen LogP contribution in [0.2, 0.25) is 0 Å². The summed E-state index contributed by atoms with van der Waals surface area (Å²) in [5.74, 6) is -0.322. The van der Waals surface area contributed by atoms with Crippen molar-refractivity contribution in [3.63, 3.8) is 0 Å². The van der Waals surface area contributed by atoms with Crippen LogP contribution in [-0.2, 0) is 12.7 Å². The van der Waals surface area contributed by atoms with Gasteiger partial charge in [-0.15, -0.1) is 0 Å². The van der Waals surface area contributed by atoms with Gasteiger partial charge in [0.2, 0.25) is 0 Å². The molecular formula is C12H10F3N5O4. The number of aryl methyl sites for hydroxylation is 1. The number of nitrogens with zero attached hydrogens (tertiary/aromatic N) is 5. The maximum Gasteiger partial charge on any atom is 0.419 e. The molecule has 0 saturated carbocycles. The number of ether oxygens (including phenoxy) is 2. The molecule has 1 aliphatic rings. The lowest BCUT2D eigenvalue weighted by molar-refractivity contribution is -0.389. The van der Waals surface area contributed by atoms with Crippen molar-refractivity contribution in [2.45, 2.75) is 25.2 Å². The molecule has 2 aromatic rings. The van der Waals surface area contributed by atoms with E-state index in [2.05, 4.69) is 15.0 Å². The minimum atomic E-state index is -4.52. The Hall–Kier alpha value is -2.92. The average molecular weight is 345 g/mol. The lowest BCUT2D eigenvalue weighted by Crippen LogP contribution is -2.31. The number of halogens is 3. The molecule has 9 nitrogen and oxygen atoms in total. The maximum absolute atomic E-state index is 12.4. The Morgan fingerprint density at radius 3 is 2.75 bits per heavy atom. The van der Waals surface area contributed by atoms with E-state index in [0.717, 1.165) is 0 Å². The molecule has 1 atom stereocenters. The Morgan fingerprint density at radius 1 is 1.42 bits per heavy atom. The second kappa shape index (κ2) is 5.94. The molecule has 0 saturated heterocycles. The molecular weight excluding hydrogens is 335 g/mol. The van der Waals surface area contributed by atoms with Gasteiger partial charge in [-0.1, -0.05) is 0 Å². The van der Waals surface area contributed by atoms with Crippen LogP contribution in [0.15, 0.2) is 18.6 Å². The topological polar surface area (TPSA) is 105 Å². The highest BCUT2D eigenvalue weighted by molar-refractivity contribution is 5.21. The number of nitro groups is 1. The van der Waals surface area contributed by atoms with Crippen LogP contribution in [-0.4, -0.2) is 37.2 Å². The first-order valence-electron chi connectivity index (χ1n) is 6.73. The third-order valence-corrected chi connectivity index (χ3v) is 3.23. The Bertz CT molecular complexity index is 746. The van der Waals surface area contributed by atoms with Crippen molar-refractivity contribution in [1.29, 1.82) is 0 Å². The quantitative estimate of drug-likeness (QED) is 0.615. The van der Waals surface area contributed by atoms with E-state index in [-0.39, 0.29) is 24.4 Å². The van der Waals surface area contributed by atoms with E-state index < -0.39 is 22.8 Å². The van der Waals surface area contributed by atoms with Gasteiger partial charge in [-0.25, -0.2) is 9.97 Å². The Balaban J connectivity index is 1.58. The summed E-state index contributed by atoms with van der Waals surface area (Å²) in [6.07, 6.45) is -1.98. The summed E-state index contributed by atoms with van der Waals surface area (Å²) < 4.78 is 49.3. The fourth-order valence-corrected chi connectivity index (χ4v) is 2.04. The number of hydrogen-bond donors (Lipinski definition) is 0. The largest absolute Gasteiger partial charge is 0.460 e. The van der Waals surface area contributed by atoms with Gasteiger partial charge in [0.15, 0.2) is 0 Å². The van der Waals surface area contributed by atoms with E-state index in [0.29, 0.717) is 25.4 Å². The summed E-state index contributed by atoms with van der Waals surface area (Å²) in [7, 11) is 0. The zero-order chi connectivity index (χ0) is 17.3. The van der Waals surface area contributed by atoms with Crippen LogP contribution in [0.1, 0.15) is 12.0 Å². The first-order chi connectivity index (χ1) is 11.3. The molecule has 0 aromatic carbocycles. The van der Waals surface area contributed by atoms with E-state index in [9.17, 15) is 23.3 Å². The summed E-state index contributed by atoms with van der Waals surface area (Å²) in [5.41, 5.74) is -0.974. The summed E-state index contributed by atoms with van der Waals surface area (Å²) in [5, 5.41) is 10.7. The van der Waals surface area contributed by atoms with Crippen LogP contribution in [0, 0.1) is 10.1 Å². The fraction of sp³-hybridized carbons (Fsp3) is 0.417. The molecule has 0 bridgehead atoms. The molecule has 0 aliphatic carbocycles. The van der Waals surface area contributed by atoms with Gasteiger partial charge in [-0.3, -0.25) is 4.57 Å². The van der Waals surface area contributed by atoms with Gasteiger partial charge >= 0.3 is 24.0 Å². The first-order valence-corrected chi connectivity index (χ1v) is 6.73. The minimum Gasteiger partial charge on any atom is -0.460 e. The molecule has 0 radical (unpaired) electrons. The fourth-order valence-electron chi connectivity index (χ4n) is 2.04. The molecule has 128 valence electrons. The average Bonchev–Trinajstić information content (AvgIpc) is 2.96. The number of hydrogen-bond acceptors (Lipinski definition) is 7. The van der Waals surface area contributed by atoms with Crippen molar-refractivity contribution in [3.8, 4) is 12.0 Å². The Kier molecular flexibility index (Phi) is 3.95. The number of imidazole rings is 1. The van der Waals surface area contributed by atoms with Gasteiger partial charge in [0, 0.05) is 30.3 Å². The van der Waals surface area contributed by atoms with Gasteiger partial charge in [0.05, 0.1) is 5.56 Å². The van der Waals surface area contributed by atoms with E-state index in [4.69, 9.17) is 9.47 Å². The molecule has 3 rings (SSSR count). The molecule has 1 unspecified atom stereocenters. The molecule has 1 aliphatic heterocycles. The molecule has 0 fully saturated rings. The summed E-state index contributed by atoms with van der Waals surface area (Å²) in [4.78, 5) is 20.7. The highest BCUT2D eigenvalue weighted by Gasteiger charge is 2.32. The van der Waals surface area contributed by atoms with Crippen LogP contribution >= 0.6 is 0 Å². The first kappa shape index (κ1) is 16.0. The lowest BCUT2D eigenvalue weighted by Gasteiger charge is -2.21. The second-order valence-electron chi connectivity index (χ2n) is 4.92. The summed E-state index contributed by atoms with van der Waals surface area (Å²) in [6.45, 7) is 0.421. The normalized spacial score (nSPS) is 17.0. The zero-order valence-corrected chi connectivity index (χ0v) is 11.9. The molecule has 3 heterocycles. The highest BCUT2D eigenvalue weighted by atomic mass is 19.4. The smallest absolute Gasteiger partial charge is 0.419 e. The third kappa shape index (κ3) is 3.36. The molecule has 24 heavy (non-hydrogen) atoms. The van der Waals surface area contributed by atoms with E-state index in [1.807, 2.05) is 0 Å². The van der Waals surface area contributed by atoms with Crippen molar-refractivity contribution < 1.29 is 27.6 Å². The number of alkyl halides is 3. The number of fused-ring (bicyclic) bond motifs is 1. The van der Waals surface area contributed by atoms with Gasteiger partial charge in [-0.05, 0) is 4.92 Å². The number of rotatable bonds is 4. The monoisotopic (exact) mass is 345 g/mol. The van der Waals surface area contributed by atoms with E-state index in [1.165, 1.54) is 10.8 Å². The van der Waals surface area contributed by atoms with Gasteiger partial charge < -0.3 is 19.6 Å². The Labute approximate surface area is 132 Å². The van der Waals surface area contributed by atoms with Crippen molar-refractivity contribution in [2.75, 3.05) is 6.61 Å². The minimum absolute atomic E-state index is 0.0218. The predicted molar refractivity (Wildman–Crippen MR) is 70.4 cm³/mol. The van der Waals surface area contributed by atoms with Crippen LogP contribution in [0.3, 0.4) is 0 Å². The predicted octanol–water partition coefficient (Wildman–Crippen LogP) is 1.83. The SMILES string of the molecule is O=[N+]([O-])c1cn2c(n1)OC(COc1ncc(C(F)(F)F)cn1)CC2. The highest BCUT2D eigenvalue weighted by Crippen LogP contribution is 2.28. The van der Waals surface area contributed by atoms with E-state index >= 15 is 0 Å². The Morgan fingerprint density at radius 2 is 2.12 bits per heavy atom. The molecule has 0 amide bonds. The molecule has 2 aromatic heterocycles. The van der Waals surface area contributed by atoms with Crippen molar-refractivity contribution in [3.05, 3.63) is 34.3 Å². The number of aromatic nitrogens is 4. The van der Waals surface area contributed by atoms with Crippen LogP contribution in [0.5, 0.6) is 12.0 Å². The van der Waals surface area contributed by atoms with Crippen LogP contribution in [0.4, 0.5) is 19.0 Å². The molecule has 0 N–H and O–H groups in total. The summed E-state index contributed by atoms with van der Waals surface area (Å²) in [6, 6.07) is -0.124. The van der Waals surface area contributed by atoms with Crippen molar-refractivity contribution in [2.24, 2.45) is 0 Å². The van der Waals surface area contributed by atoms with Crippen LogP contribution in [0.25, 0.3) is 0 Å². The molecule has 0 spiro atoms. The lowest BCUT2D eigenvalue weighted by atomic mass is 10.2. The van der Waals surface area contributed by atoms with Gasteiger partial charge in [-0.2, -0.15) is 13.2 Å². The summed E-state index contributed by atoms with van der Waals surface area (Å²) >= 11 is 0. The third-order valence-electron chi connectivity index (χ3n) is 3.23. The van der Waals surface area contributed by atoms with Gasteiger partial charge in [0.25, 0.3) is 0 Å². The second-order valence-corrected chi connectivity index (χ2v) is 4.92. The van der Waals surface area contributed by atoms with Gasteiger partial charge in [0.1, 0.15) is 18.9 Å². The van der Waals surface area contributed by atoms with Crippen molar-refractivity contribution >= 4 is 5.82 Å². The maximum atomic E-state index is 12.4. The van der Waals surface area contributed by atoms with Crippen LogP contribution < -0.4 is 9.47 Å².